The van der Waals surface area contributed by atoms with Crippen LogP contribution in [0, 0.1) is 11.3 Å². The number of aryl methyl sites for hydroxylation is 1. The van der Waals surface area contributed by atoms with E-state index in [4.69, 9.17) is 14.7 Å². The van der Waals surface area contributed by atoms with Crippen molar-refractivity contribution in [3.8, 4) is 12.1 Å². The summed E-state index contributed by atoms with van der Waals surface area (Å²) in [6.07, 6.45) is 5.78. The van der Waals surface area contributed by atoms with Crippen LogP contribution < -0.4 is 9.64 Å². The molecule has 0 spiro atoms. The minimum absolute atomic E-state index is 0.208. The first kappa shape index (κ1) is 24.8. The summed E-state index contributed by atoms with van der Waals surface area (Å²) >= 11 is 0. The van der Waals surface area contributed by atoms with Gasteiger partial charge in [0.2, 0.25) is 5.91 Å². The minimum Gasteiger partial charge on any atom is -0.462 e. The van der Waals surface area contributed by atoms with E-state index in [0.717, 1.165) is 56.0 Å². The van der Waals surface area contributed by atoms with E-state index in [1.54, 1.807) is 4.90 Å². The van der Waals surface area contributed by atoms with E-state index in [0.29, 0.717) is 44.3 Å². The Morgan fingerprint density at radius 2 is 2.08 bits per heavy atom. The zero-order valence-electron chi connectivity index (χ0n) is 22.1. The highest BCUT2D eigenvalue weighted by atomic mass is 16.5. The van der Waals surface area contributed by atoms with E-state index in [1.807, 2.05) is 0 Å². The number of nitrogens with zero attached hydrogens (tertiary/aromatic N) is 7. The molecule has 198 valence electrons. The van der Waals surface area contributed by atoms with Crippen molar-refractivity contribution in [1.29, 1.82) is 5.26 Å². The highest BCUT2D eigenvalue weighted by Crippen LogP contribution is 2.42. The third kappa shape index (κ3) is 4.52. The number of amides is 1. The molecule has 2 aromatic rings. The van der Waals surface area contributed by atoms with Gasteiger partial charge in [-0.1, -0.05) is 30.8 Å². The number of nitriles is 1. The lowest BCUT2D eigenvalue weighted by molar-refractivity contribution is -0.127. The number of hydrogen-bond donors (Lipinski definition) is 0. The average molecular weight is 514 g/mol. The second-order valence-electron chi connectivity index (χ2n) is 10.8. The van der Waals surface area contributed by atoms with Crippen molar-refractivity contribution in [2.75, 3.05) is 44.7 Å². The summed E-state index contributed by atoms with van der Waals surface area (Å²) in [7, 11) is 2.14. The highest BCUT2D eigenvalue weighted by molar-refractivity contribution is 5.87. The third-order valence-electron chi connectivity index (χ3n) is 8.67. The Morgan fingerprint density at radius 1 is 1.21 bits per heavy atom. The van der Waals surface area contributed by atoms with Gasteiger partial charge in [-0.15, -0.1) is 0 Å². The van der Waals surface area contributed by atoms with Crippen molar-refractivity contribution in [2.24, 2.45) is 0 Å². The maximum atomic E-state index is 12.3. The first-order valence-corrected chi connectivity index (χ1v) is 13.7. The fourth-order valence-electron chi connectivity index (χ4n) is 6.53. The normalized spacial score (nSPS) is 25.2. The van der Waals surface area contributed by atoms with Crippen LogP contribution in [0.15, 0.2) is 36.9 Å². The summed E-state index contributed by atoms with van der Waals surface area (Å²) < 4.78 is 6.21. The number of hydrogen-bond acceptors (Lipinski definition) is 8. The molecule has 2 fully saturated rings. The maximum Gasteiger partial charge on any atom is 0.318 e. The molecule has 1 aliphatic carbocycles. The monoisotopic (exact) mass is 513 g/mol. The molecule has 1 aromatic heterocycles. The number of benzene rings is 1. The van der Waals surface area contributed by atoms with E-state index >= 15 is 0 Å². The van der Waals surface area contributed by atoms with Gasteiger partial charge in [-0.2, -0.15) is 15.2 Å². The number of likely N-dealkylation sites (N-methyl/N-ethyl adjacent to an activating group) is 1. The van der Waals surface area contributed by atoms with Crippen molar-refractivity contribution < 1.29 is 9.53 Å². The van der Waals surface area contributed by atoms with Crippen molar-refractivity contribution in [1.82, 2.24) is 24.7 Å². The van der Waals surface area contributed by atoms with Crippen LogP contribution in [0.3, 0.4) is 0 Å². The van der Waals surface area contributed by atoms with E-state index in [9.17, 15) is 10.1 Å². The fourth-order valence-corrected chi connectivity index (χ4v) is 6.53. The summed E-state index contributed by atoms with van der Waals surface area (Å²) in [5.41, 5.74) is 4.97. The second kappa shape index (κ2) is 10.4. The molecule has 4 heterocycles. The Balaban J connectivity index is 1.28. The van der Waals surface area contributed by atoms with Gasteiger partial charge in [0, 0.05) is 43.8 Å². The first-order valence-electron chi connectivity index (χ1n) is 13.7. The van der Waals surface area contributed by atoms with Crippen LogP contribution in [-0.2, 0) is 24.3 Å². The van der Waals surface area contributed by atoms with Crippen LogP contribution in [-0.4, -0.2) is 82.5 Å². The van der Waals surface area contributed by atoms with Crippen LogP contribution in [0.2, 0.25) is 0 Å². The van der Waals surface area contributed by atoms with Crippen LogP contribution in [0.1, 0.15) is 47.7 Å². The van der Waals surface area contributed by atoms with Crippen molar-refractivity contribution in [2.45, 2.75) is 56.9 Å². The molecule has 3 aliphatic heterocycles. The fraction of sp³-hybridized carbons (Fsp3) is 0.517. The molecule has 4 aliphatic rings. The van der Waals surface area contributed by atoms with Crippen LogP contribution in [0.5, 0.6) is 6.01 Å². The number of fused-ring (bicyclic) bond motifs is 2. The number of piperazine rings is 1. The number of carbonyl (C=O) groups is 1. The average Bonchev–Trinajstić information content (AvgIpc) is 3.68. The molecule has 38 heavy (non-hydrogen) atoms. The van der Waals surface area contributed by atoms with Gasteiger partial charge in [-0.05, 0) is 56.5 Å². The van der Waals surface area contributed by atoms with Crippen molar-refractivity contribution >= 4 is 11.7 Å². The molecule has 0 radical (unpaired) electrons. The molecular weight excluding hydrogens is 478 g/mol. The number of anilines is 1. The number of aromatic nitrogens is 2. The van der Waals surface area contributed by atoms with Gasteiger partial charge in [-0.25, -0.2) is 0 Å². The molecule has 2 unspecified atom stereocenters. The Kier molecular flexibility index (Phi) is 6.76. The van der Waals surface area contributed by atoms with Gasteiger partial charge in [-0.3, -0.25) is 9.69 Å². The van der Waals surface area contributed by atoms with Crippen molar-refractivity contribution in [3.63, 3.8) is 0 Å². The van der Waals surface area contributed by atoms with Gasteiger partial charge in [0.25, 0.3) is 0 Å². The predicted octanol–water partition coefficient (Wildman–Crippen LogP) is 2.68. The maximum absolute atomic E-state index is 12.3. The summed E-state index contributed by atoms with van der Waals surface area (Å²) in [5, 5.41) is 9.85. The Morgan fingerprint density at radius 3 is 2.87 bits per heavy atom. The summed E-state index contributed by atoms with van der Waals surface area (Å²) in [6, 6.07) is 11.6. The molecule has 9 nitrogen and oxygen atoms in total. The van der Waals surface area contributed by atoms with Crippen molar-refractivity contribution in [3.05, 3.63) is 59.3 Å². The Hall–Kier alpha value is -3.48. The predicted molar refractivity (Wildman–Crippen MR) is 143 cm³/mol. The zero-order chi connectivity index (χ0) is 26.2. The van der Waals surface area contributed by atoms with Crippen LogP contribution >= 0.6 is 0 Å². The topological polar surface area (TPSA) is 88.8 Å². The standard InChI is InChI=1S/C29H35N7O2/c1-3-27(37)36-14-13-34(16-22(36)15-30)28-24-17-35(26-11-10-20-7-4-5-9-23(20)26)18-25(24)31-29(32-28)38-19-21-8-6-12-33(21)2/h3-5,7,9,21-22,26H,1,6,8,10-14,16-19H2,2H3/t21?,22-,26?/m0/s1. The van der Waals surface area contributed by atoms with Crippen LogP contribution in [0.4, 0.5) is 5.82 Å². The molecule has 2 saturated heterocycles. The van der Waals surface area contributed by atoms with E-state index < -0.39 is 6.04 Å². The Bertz CT molecular complexity index is 1270. The first-order chi connectivity index (χ1) is 18.6. The third-order valence-corrected chi connectivity index (χ3v) is 8.67. The minimum atomic E-state index is -0.560. The van der Waals surface area contributed by atoms with Gasteiger partial charge >= 0.3 is 6.01 Å². The number of ether oxygens (including phenoxy) is 1. The number of rotatable bonds is 6. The largest absolute Gasteiger partial charge is 0.462 e. The molecule has 3 atom stereocenters. The second-order valence-corrected chi connectivity index (χ2v) is 10.8. The van der Waals surface area contributed by atoms with Gasteiger partial charge in [0.1, 0.15) is 18.5 Å². The lowest BCUT2D eigenvalue weighted by Crippen LogP contribution is -2.54. The van der Waals surface area contributed by atoms with Gasteiger partial charge in [0.05, 0.1) is 18.3 Å². The lowest BCUT2D eigenvalue weighted by Gasteiger charge is -2.39. The van der Waals surface area contributed by atoms with E-state index in [-0.39, 0.29) is 5.91 Å². The molecular formula is C29H35N7O2. The smallest absolute Gasteiger partial charge is 0.318 e. The highest BCUT2D eigenvalue weighted by Gasteiger charge is 2.37. The Labute approximate surface area is 224 Å². The van der Waals surface area contributed by atoms with Crippen LogP contribution in [0.25, 0.3) is 0 Å². The summed E-state index contributed by atoms with van der Waals surface area (Å²) in [6.45, 7) is 8.21. The molecule has 1 amide bonds. The zero-order valence-corrected chi connectivity index (χ0v) is 22.1. The number of carbonyl (C=O) groups excluding carboxylic acids is 1. The van der Waals surface area contributed by atoms with E-state index in [1.165, 1.54) is 23.6 Å². The number of likely N-dealkylation sites (tertiary alicyclic amines) is 1. The summed E-state index contributed by atoms with van der Waals surface area (Å²) in [4.78, 5) is 30.7. The van der Waals surface area contributed by atoms with Gasteiger partial charge < -0.3 is 19.4 Å². The molecule has 6 rings (SSSR count). The quantitative estimate of drug-likeness (QED) is 0.545. The van der Waals surface area contributed by atoms with E-state index in [2.05, 4.69) is 58.7 Å². The molecule has 0 saturated carbocycles. The SMILES string of the molecule is C=CC(=O)N1CCN(c2nc(OCC3CCCN3C)nc3c2CN(C2CCc4ccccc42)C3)C[C@@H]1C#N. The summed E-state index contributed by atoms with van der Waals surface area (Å²) in [5.74, 6) is 0.629. The molecule has 1 aromatic carbocycles. The molecule has 0 bridgehead atoms. The van der Waals surface area contributed by atoms with Gasteiger partial charge in [0.15, 0.2) is 0 Å². The molecule has 0 N–H and O–H groups in total. The lowest BCUT2D eigenvalue weighted by atomic mass is 10.1. The molecule has 9 heteroatoms.